The monoisotopic (exact) mass is 579 g/mol. The molecule has 11 nitrogen and oxygen atoms in total. The Bertz CT molecular complexity index is 1720. The number of nitrogens with zero attached hydrogens (tertiary/aromatic N) is 6. The van der Waals surface area contributed by atoms with Crippen LogP contribution in [0.25, 0.3) is 5.65 Å². The lowest BCUT2D eigenvalue weighted by Gasteiger charge is -2.32. The zero-order chi connectivity index (χ0) is 30.1. The highest BCUT2D eigenvalue weighted by Crippen LogP contribution is 2.37. The molecular formula is C32H33N7O4. The highest BCUT2D eigenvalue weighted by Gasteiger charge is 2.36. The summed E-state index contributed by atoms with van der Waals surface area (Å²) in [7, 11) is 5.20. The van der Waals surface area contributed by atoms with E-state index in [0.717, 1.165) is 43.1 Å². The molecule has 6 rings (SSSR count). The largest absolute Gasteiger partial charge is 0.465 e. The van der Waals surface area contributed by atoms with Crippen molar-refractivity contribution in [3.8, 4) is 0 Å². The molecule has 1 N–H and O–H groups in total. The second kappa shape index (κ2) is 11.8. The van der Waals surface area contributed by atoms with Gasteiger partial charge in [0.1, 0.15) is 11.6 Å². The van der Waals surface area contributed by atoms with Gasteiger partial charge in [-0.3, -0.25) is 19.5 Å². The standard InChI is InChI=1S/C32H33N7O4/c1-36-14-16-38(17-15-36)20-28(40)37(2)24-8-6-23(7-9-24)34-30(22-5-11-27-33-12-13-39(27)19-22)29-25-10-4-21(32(42)43-3)18-26(25)35-31(29)41/h4-13,18-19,29H,14-17,20H2,1-3H3,(H,35,41). The Labute approximate surface area is 249 Å². The molecule has 0 bridgehead atoms. The molecule has 1 atom stereocenters. The number of esters is 1. The van der Waals surface area contributed by atoms with Crippen molar-refractivity contribution < 1.29 is 19.1 Å². The van der Waals surface area contributed by atoms with Gasteiger partial charge in [-0.25, -0.2) is 9.78 Å². The molecule has 43 heavy (non-hydrogen) atoms. The smallest absolute Gasteiger partial charge is 0.337 e. The van der Waals surface area contributed by atoms with Crippen LogP contribution in [-0.4, -0.2) is 96.6 Å². The third kappa shape index (κ3) is 5.77. The number of benzene rings is 2. The first-order chi connectivity index (χ1) is 20.8. The van der Waals surface area contributed by atoms with E-state index in [9.17, 15) is 14.4 Å². The summed E-state index contributed by atoms with van der Waals surface area (Å²) >= 11 is 0. The van der Waals surface area contributed by atoms with Crippen LogP contribution in [0.15, 0.2) is 78.2 Å². The van der Waals surface area contributed by atoms with Crippen LogP contribution in [-0.2, 0) is 14.3 Å². The van der Waals surface area contributed by atoms with Crippen molar-refractivity contribution in [2.24, 2.45) is 4.99 Å². The third-order valence-corrected chi connectivity index (χ3v) is 8.08. The Morgan fingerprint density at radius 2 is 1.79 bits per heavy atom. The lowest BCUT2D eigenvalue weighted by molar-refractivity contribution is -0.120. The van der Waals surface area contributed by atoms with E-state index >= 15 is 0 Å². The van der Waals surface area contributed by atoms with Crippen LogP contribution in [0.4, 0.5) is 17.1 Å². The lowest BCUT2D eigenvalue weighted by atomic mass is 9.90. The van der Waals surface area contributed by atoms with Gasteiger partial charge in [0, 0.05) is 68.8 Å². The van der Waals surface area contributed by atoms with Crippen molar-refractivity contribution in [3.05, 3.63) is 89.9 Å². The minimum atomic E-state index is -0.713. The van der Waals surface area contributed by atoms with E-state index in [1.54, 1.807) is 36.3 Å². The number of carbonyl (C=O) groups is 3. The van der Waals surface area contributed by atoms with Crippen LogP contribution < -0.4 is 10.2 Å². The number of hydrogen-bond donors (Lipinski definition) is 1. The van der Waals surface area contributed by atoms with Gasteiger partial charge in [-0.05, 0) is 61.1 Å². The highest BCUT2D eigenvalue weighted by molar-refractivity contribution is 6.24. The molecule has 1 fully saturated rings. The molecule has 2 aliphatic heterocycles. The minimum Gasteiger partial charge on any atom is -0.465 e. The molecule has 2 amide bonds. The number of fused-ring (bicyclic) bond motifs is 2. The Balaban J connectivity index is 1.31. The summed E-state index contributed by atoms with van der Waals surface area (Å²) in [6.07, 6.45) is 5.45. The van der Waals surface area contributed by atoms with Gasteiger partial charge in [0.15, 0.2) is 0 Å². The lowest BCUT2D eigenvalue weighted by Crippen LogP contribution is -2.48. The molecule has 2 aromatic heterocycles. The topological polar surface area (TPSA) is 112 Å². The highest BCUT2D eigenvalue weighted by atomic mass is 16.5. The first kappa shape index (κ1) is 28.3. The minimum absolute atomic E-state index is 0.0284. The number of aromatic nitrogens is 2. The second-order valence-corrected chi connectivity index (χ2v) is 10.9. The molecule has 2 aliphatic rings. The molecule has 4 aromatic rings. The van der Waals surface area contributed by atoms with Crippen LogP contribution in [0.1, 0.15) is 27.4 Å². The van der Waals surface area contributed by atoms with Crippen molar-refractivity contribution in [1.82, 2.24) is 19.2 Å². The number of ether oxygens (including phenoxy) is 1. The first-order valence-corrected chi connectivity index (χ1v) is 14.1. The van der Waals surface area contributed by atoms with E-state index in [1.165, 1.54) is 7.11 Å². The van der Waals surface area contributed by atoms with Crippen molar-refractivity contribution in [2.45, 2.75) is 5.92 Å². The maximum Gasteiger partial charge on any atom is 0.337 e. The van der Waals surface area contributed by atoms with E-state index < -0.39 is 11.9 Å². The molecule has 1 saturated heterocycles. The summed E-state index contributed by atoms with van der Waals surface area (Å²) < 4.78 is 6.73. The van der Waals surface area contributed by atoms with Gasteiger partial charge in [-0.2, -0.15) is 0 Å². The molecular weight excluding hydrogens is 546 g/mol. The average molecular weight is 580 g/mol. The average Bonchev–Trinajstić information content (AvgIpc) is 3.63. The quantitative estimate of drug-likeness (QED) is 0.264. The predicted octanol–water partition coefficient (Wildman–Crippen LogP) is 3.19. The van der Waals surface area contributed by atoms with E-state index in [-0.39, 0.29) is 11.8 Å². The molecule has 1 unspecified atom stereocenters. The molecule has 4 heterocycles. The molecule has 0 spiro atoms. The van der Waals surface area contributed by atoms with E-state index in [1.807, 2.05) is 53.2 Å². The summed E-state index contributed by atoms with van der Waals surface area (Å²) in [6, 6.07) is 16.2. The SMILES string of the molecule is COC(=O)c1ccc2c(c1)NC(=O)C2C(=Nc1ccc(N(C)C(=O)CN2CCN(C)CC2)cc1)c1ccc2nccn2c1. The number of aliphatic imine (C=N–C) groups is 1. The number of pyridine rings is 1. The van der Waals surface area contributed by atoms with Gasteiger partial charge in [-0.15, -0.1) is 0 Å². The second-order valence-electron chi connectivity index (χ2n) is 10.9. The van der Waals surface area contributed by atoms with Crippen molar-refractivity contribution >= 4 is 46.2 Å². The number of imidazole rings is 1. The fourth-order valence-corrected chi connectivity index (χ4v) is 5.48. The van der Waals surface area contributed by atoms with E-state index in [4.69, 9.17) is 9.73 Å². The number of methoxy groups -OCH3 is 1. The Morgan fingerprint density at radius 1 is 1.05 bits per heavy atom. The summed E-state index contributed by atoms with van der Waals surface area (Å²) in [5.41, 5.74) is 5.08. The first-order valence-electron chi connectivity index (χ1n) is 14.1. The summed E-state index contributed by atoms with van der Waals surface area (Å²) in [4.78, 5) is 54.0. The molecule has 11 heteroatoms. The van der Waals surface area contributed by atoms with Crippen molar-refractivity contribution in [1.29, 1.82) is 0 Å². The van der Waals surface area contributed by atoms with Crippen LogP contribution in [0.5, 0.6) is 0 Å². The maximum absolute atomic E-state index is 13.4. The van der Waals surface area contributed by atoms with Crippen molar-refractivity contribution in [2.75, 3.05) is 64.1 Å². The van der Waals surface area contributed by atoms with Crippen LogP contribution in [0.3, 0.4) is 0 Å². The number of piperazine rings is 1. The van der Waals surface area contributed by atoms with Gasteiger partial charge in [0.25, 0.3) is 0 Å². The summed E-state index contributed by atoms with van der Waals surface area (Å²) in [5, 5.41) is 2.91. The number of carbonyl (C=O) groups excluding carboxylic acids is 3. The third-order valence-electron chi connectivity index (χ3n) is 8.08. The maximum atomic E-state index is 13.4. The fourth-order valence-electron chi connectivity index (χ4n) is 5.48. The normalized spacial score (nSPS) is 17.5. The van der Waals surface area contributed by atoms with E-state index in [2.05, 4.69) is 27.1 Å². The zero-order valence-corrected chi connectivity index (χ0v) is 24.4. The molecule has 0 saturated carbocycles. The van der Waals surface area contributed by atoms with Gasteiger partial charge in [0.2, 0.25) is 11.8 Å². The molecule has 0 aliphatic carbocycles. The van der Waals surface area contributed by atoms with Gasteiger partial charge in [-0.1, -0.05) is 6.07 Å². The number of likely N-dealkylation sites (N-methyl/N-ethyl adjacent to an activating group) is 2. The Morgan fingerprint density at radius 3 is 2.53 bits per heavy atom. The number of amides is 2. The Hall–Kier alpha value is -4.87. The molecule has 220 valence electrons. The van der Waals surface area contributed by atoms with E-state index in [0.29, 0.717) is 34.8 Å². The van der Waals surface area contributed by atoms with Gasteiger partial charge < -0.3 is 24.3 Å². The molecule has 0 radical (unpaired) electrons. The fraction of sp³-hybridized carbons (Fsp3) is 0.281. The number of hydrogen-bond acceptors (Lipinski definition) is 8. The number of rotatable bonds is 7. The zero-order valence-electron chi connectivity index (χ0n) is 24.4. The summed E-state index contributed by atoms with van der Waals surface area (Å²) in [6.45, 7) is 4.03. The predicted molar refractivity (Wildman–Crippen MR) is 164 cm³/mol. The van der Waals surface area contributed by atoms with Gasteiger partial charge in [0.05, 0.1) is 30.6 Å². The molecule has 2 aromatic carbocycles. The number of nitrogens with one attached hydrogen (secondary N) is 1. The van der Waals surface area contributed by atoms with Crippen LogP contribution in [0.2, 0.25) is 0 Å². The Kier molecular flexibility index (Phi) is 7.75. The van der Waals surface area contributed by atoms with Crippen molar-refractivity contribution in [3.63, 3.8) is 0 Å². The van der Waals surface area contributed by atoms with Crippen LogP contribution >= 0.6 is 0 Å². The number of anilines is 2. The summed E-state index contributed by atoms with van der Waals surface area (Å²) in [5.74, 6) is -1.41. The van der Waals surface area contributed by atoms with Gasteiger partial charge >= 0.3 is 5.97 Å². The van der Waals surface area contributed by atoms with Crippen LogP contribution in [0, 0.1) is 0 Å².